The van der Waals surface area contributed by atoms with Crippen LogP contribution in [0.25, 0.3) is 0 Å². The van der Waals surface area contributed by atoms with Crippen molar-refractivity contribution >= 4 is 7.37 Å². The van der Waals surface area contributed by atoms with Crippen molar-refractivity contribution in [2.24, 2.45) is 11.7 Å². The SMILES string of the molecule is CC(C)CCP(=O)(O)CCC1(N)C=CC=CC1. The zero-order valence-corrected chi connectivity index (χ0v) is 11.7. The standard InChI is InChI=1S/C13H24NO2P/c1-12(2)6-10-17(15,16)11-9-13(14)7-4-3-5-8-13/h3-5,7,12H,6,8-11,14H2,1-2H3,(H,15,16). The molecule has 0 saturated heterocycles. The van der Waals surface area contributed by atoms with Crippen molar-refractivity contribution in [2.75, 3.05) is 12.3 Å². The van der Waals surface area contributed by atoms with Gasteiger partial charge in [-0.25, -0.2) is 0 Å². The molecular formula is C13H24NO2P. The van der Waals surface area contributed by atoms with Crippen molar-refractivity contribution in [3.63, 3.8) is 0 Å². The zero-order valence-electron chi connectivity index (χ0n) is 10.8. The van der Waals surface area contributed by atoms with E-state index in [0.29, 0.717) is 24.7 Å². The second kappa shape index (κ2) is 5.99. The zero-order chi connectivity index (χ0) is 12.9. The Morgan fingerprint density at radius 3 is 2.65 bits per heavy atom. The smallest absolute Gasteiger partial charge is 0.200 e. The lowest BCUT2D eigenvalue weighted by molar-refractivity contribution is 0.450. The molecule has 98 valence electrons. The summed E-state index contributed by atoms with van der Waals surface area (Å²) in [5, 5.41) is 0. The van der Waals surface area contributed by atoms with Crippen LogP contribution in [0.3, 0.4) is 0 Å². The monoisotopic (exact) mass is 257 g/mol. The van der Waals surface area contributed by atoms with Gasteiger partial charge in [0.1, 0.15) is 0 Å². The maximum Gasteiger partial charge on any atom is 0.200 e. The summed E-state index contributed by atoms with van der Waals surface area (Å²) in [5.41, 5.74) is 5.73. The van der Waals surface area contributed by atoms with Crippen molar-refractivity contribution in [2.45, 2.75) is 38.6 Å². The Hall–Kier alpha value is -0.370. The van der Waals surface area contributed by atoms with Gasteiger partial charge < -0.3 is 10.6 Å². The Kier molecular flexibility index (Phi) is 5.18. The van der Waals surface area contributed by atoms with Crippen LogP contribution < -0.4 is 5.73 Å². The van der Waals surface area contributed by atoms with Gasteiger partial charge in [-0.3, -0.25) is 4.57 Å². The Bertz CT molecular complexity index is 349. The molecule has 0 amide bonds. The lowest BCUT2D eigenvalue weighted by Gasteiger charge is -2.27. The summed E-state index contributed by atoms with van der Waals surface area (Å²) in [6.45, 7) is 4.14. The van der Waals surface area contributed by atoms with E-state index in [1.165, 1.54) is 0 Å². The molecular weight excluding hydrogens is 233 g/mol. The quantitative estimate of drug-likeness (QED) is 0.719. The van der Waals surface area contributed by atoms with Crippen LogP contribution >= 0.6 is 7.37 Å². The summed E-state index contributed by atoms with van der Waals surface area (Å²) in [4.78, 5) is 9.87. The van der Waals surface area contributed by atoms with Crippen LogP contribution in [-0.2, 0) is 4.57 Å². The van der Waals surface area contributed by atoms with Crippen LogP contribution in [0, 0.1) is 5.92 Å². The minimum Gasteiger partial charge on any atom is -0.344 e. The first-order chi connectivity index (χ1) is 7.83. The first kappa shape index (κ1) is 14.7. The maximum absolute atomic E-state index is 12.0. The molecule has 1 rings (SSSR count). The fourth-order valence-electron chi connectivity index (χ4n) is 1.82. The van der Waals surface area contributed by atoms with Gasteiger partial charge in [0.2, 0.25) is 7.37 Å². The van der Waals surface area contributed by atoms with Gasteiger partial charge in [-0.1, -0.05) is 38.2 Å². The highest BCUT2D eigenvalue weighted by molar-refractivity contribution is 7.57. The van der Waals surface area contributed by atoms with E-state index in [-0.39, 0.29) is 0 Å². The Labute approximate surface area is 104 Å². The molecule has 17 heavy (non-hydrogen) atoms. The second-order valence-corrected chi connectivity index (χ2v) is 8.04. The summed E-state index contributed by atoms with van der Waals surface area (Å²) >= 11 is 0. The van der Waals surface area contributed by atoms with Gasteiger partial charge in [-0.05, 0) is 25.2 Å². The van der Waals surface area contributed by atoms with Gasteiger partial charge in [-0.15, -0.1) is 0 Å². The van der Waals surface area contributed by atoms with E-state index in [4.69, 9.17) is 5.73 Å². The lowest BCUT2D eigenvalue weighted by atomic mass is 9.90. The van der Waals surface area contributed by atoms with Gasteiger partial charge in [-0.2, -0.15) is 0 Å². The average Bonchev–Trinajstić information content (AvgIpc) is 2.26. The molecule has 3 N–H and O–H groups in total. The van der Waals surface area contributed by atoms with E-state index in [1.54, 1.807) is 0 Å². The number of rotatable bonds is 6. The summed E-state index contributed by atoms with van der Waals surface area (Å²) in [6.07, 6.45) is 10.7. The van der Waals surface area contributed by atoms with Crippen molar-refractivity contribution < 1.29 is 9.46 Å². The average molecular weight is 257 g/mol. The van der Waals surface area contributed by atoms with E-state index < -0.39 is 12.9 Å². The van der Waals surface area contributed by atoms with Crippen LogP contribution in [0.1, 0.15) is 33.1 Å². The van der Waals surface area contributed by atoms with Crippen LogP contribution in [0.5, 0.6) is 0 Å². The predicted octanol–water partition coefficient (Wildman–Crippen LogP) is 2.91. The lowest BCUT2D eigenvalue weighted by Crippen LogP contribution is -2.38. The van der Waals surface area contributed by atoms with Crippen molar-refractivity contribution in [1.29, 1.82) is 0 Å². The molecule has 0 aromatic heterocycles. The minimum atomic E-state index is -2.99. The Balaban J connectivity index is 2.41. The third-order valence-electron chi connectivity index (χ3n) is 3.16. The molecule has 0 bridgehead atoms. The fraction of sp³-hybridized carbons (Fsp3) is 0.692. The molecule has 1 aliphatic rings. The molecule has 1 aliphatic carbocycles. The molecule has 0 saturated carbocycles. The van der Waals surface area contributed by atoms with E-state index in [9.17, 15) is 9.46 Å². The highest BCUT2D eigenvalue weighted by Crippen LogP contribution is 2.44. The molecule has 3 nitrogen and oxygen atoms in total. The van der Waals surface area contributed by atoms with Crippen LogP contribution in [0.2, 0.25) is 0 Å². The van der Waals surface area contributed by atoms with Crippen molar-refractivity contribution in [1.82, 2.24) is 0 Å². The number of hydrogen-bond donors (Lipinski definition) is 2. The van der Waals surface area contributed by atoms with Crippen LogP contribution in [-0.4, -0.2) is 22.8 Å². The summed E-state index contributed by atoms with van der Waals surface area (Å²) in [6, 6.07) is 0. The van der Waals surface area contributed by atoms with Gasteiger partial charge in [0.25, 0.3) is 0 Å². The number of hydrogen-bond acceptors (Lipinski definition) is 2. The molecule has 0 radical (unpaired) electrons. The molecule has 2 atom stereocenters. The molecule has 0 aromatic rings. The van der Waals surface area contributed by atoms with Crippen molar-refractivity contribution in [3.8, 4) is 0 Å². The highest BCUT2D eigenvalue weighted by Gasteiger charge is 2.27. The summed E-state index contributed by atoms with van der Waals surface area (Å²) in [7, 11) is -2.99. The van der Waals surface area contributed by atoms with E-state index in [2.05, 4.69) is 13.8 Å². The first-order valence-corrected chi connectivity index (χ1v) is 8.30. The Morgan fingerprint density at radius 1 is 1.41 bits per heavy atom. The number of allylic oxidation sites excluding steroid dienone is 2. The van der Waals surface area contributed by atoms with Gasteiger partial charge in [0.15, 0.2) is 0 Å². The molecule has 0 heterocycles. The number of nitrogens with two attached hydrogens (primary N) is 1. The fourth-order valence-corrected chi connectivity index (χ4v) is 3.73. The molecule has 2 unspecified atom stereocenters. The molecule has 4 heteroatoms. The molecule has 0 aliphatic heterocycles. The normalized spacial score (nSPS) is 27.4. The van der Waals surface area contributed by atoms with Crippen LogP contribution in [0.4, 0.5) is 0 Å². The van der Waals surface area contributed by atoms with E-state index in [0.717, 1.165) is 12.8 Å². The maximum atomic E-state index is 12.0. The Morgan fingerprint density at radius 2 is 2.12 bits per heavy atom. The largest absolute Gasteiger partial charge is 0.344 e. The third-order valence-corrected chi connectivity index (χ3v) is 5.04. The van der Waals surface area contributed by atoms with Crippen molar-refractivity contribution in [3.05, 3.63) is 24.3 Å². The summed E-state index contributed by atoms with van der Waals surface area (Å²) in [5.74, 6) is 0.472. The molecule has 0 fully saturated rings. The highest BCUT2D eigenvalue weighted by atomic mass is 31.2. The van der Waals surface area contributed by atoms with E-state index in [1.807, 2.05) is 24.3 Å². The van der Waals surface area contributed by atoms with Gasteiger partial charge in [0, 0.05) is 17.9 Å². The van der Waals surface area contributed by atoms with Gasteiger partial charge >= 0.3 is 0 Å². The topological polar surface area (TPSA) is 63.3 Å². The predicted molar refractivity (Wildman–Crippen MR) is 73.4 cm³/mol. The van der Waals surface area contributed by atoms with Gasteiger partial charge in [0.05, 0.1) is 0 Å². The summed E-state index contributed by atoms with van der Waals surface area (Å²) < 4.78 is 12.0. The van der Waals surface area contributed by atoms with E-state index >= 15 is 0 Å². The molecule has 0 aromatic carbocycles. The molecule has 0 spiro atoms. The van der Waals surface area contributed by atoms with Crippen LogP contribution in [0.15, 0.2) is 24.3 Å². The second-order valence-electron chi connectivity index (χ2n) is 5.45. The first-order valence-electron chi connectivity index (χ1n) is 6.27. The minimum absolute atomic E-state index is 0.328. The third kappa shape index (κ3) is 5.67.